The normalized spacial score (nSPS) is 14.6. The van der Waals surface area contributed by atoms with Crippen molar-refractivity contribution in [3.05, 3.63) is 142 Å². The maximum atomic E-state index is 14.6. The zero-order valence-corrected chi connectivity index (χ0v) is 23.6. The Hall–Kier alpha value is -4.55. The minimum atomic E-state index is -0.359. The molecule has 3 heterocycles. The third kappa shape index (κ3) is 3.87. The lowest BCUT2D eigenvalue weighted by molar-refractivity contribution is 0.0994. The summed E-state index contributed by atoms with van der Waals surface area (Å²) in [5, 5.41) is 5.88. The number of hydrogen-bond acceptors (Lipinski definition) is 3. The van der Waals surface area contributed by atoms with Crippen molar-refractivity contribution in [2.45, 2.75) is 19.9 Å². The summed E-state index contributed by atoms with van der Waals surface area (Å²) in [4.78, 5) is 21.7. The van der Waals surface area contributed by atoms with Gasteiger partial charge in [0.25, 0.3) is 5.91 Å². The van der Waals surface area contributed by atoms with Crippen LogP contribution in [0.1, 0.15) is 38.8 Å². The van der Waals surface area contributed by atoms with Gasteiger partial charge in [0.1, 0.15) is 0 Å². The summed E-state index contributed by atoms with van der Waals surface area (Å²) in [6.07, 6.45) is 0. The van der Waals surface area contributed by atoms with Gasteiger partial charge >= 0.3 is 0 Å². The fraction of sp³-hybridized carbons (Fsp3) is 0.0882. The first-order valence-corrected chi connectivity index (χ1v) is 14.0. The predicted molar refractivity (Wildman–Crippen MR) is 163 cm³/mol. The van der Waals surface area contributed by atoms with Crippen molar-refractivity contribution in [3.8, 4) is 16.9 Å². The summed E-state index contributed by atoms with van der Waals surface area (Å²) in [6, 6.07) is 36.0. The number of para-hydroxylation sites is 1. The number of aryl methyl sites for hydroxylation is 2. The van der Waals surface area contributed by atoms with Gasteiger partial charge in [-0.2, -0.15) is 5.10 Å². The van der Waals surface area contributed by atoms with E-state index >= 15 is 0 Å². The molecule has 1 aliphatic heterocycles. The van der Waals surface area contributed by atoms with E-state index in [-0.39, 0.29) is 11.9 Å². The highest BCUT2D eigenvalue weighted by atomic mass is 79.9. The minimum absolute atomic E-state index is 0.0658. The third-order valence-electron chi connectivity index (χ3n) is 7.52. The summed E-state index contributed by atoms with van der Waals surface area (Å²) in [6.45, 7) is 4.06. The average molecular weight is 586 g/mol. The highest BCUT2D eigenvalue weighted by molar-refractivity contribution is 9.10. The first-order chi connectivity index (χ1) is 19.5. The van der Waals surface area contributed by atoms with E-state index in [0.717, 1.165) is 54.8 Å². The molecule has 40 heavy (non-hydrogen) atoms. The van der Waals surface area contributed by atoms with Crippen molar-refractivity contribution in [3.63, 3.8) is 0 Å². The second-order valence-electron chi connectivity index (χ2n) is 10.1. The lowest BCUT2D eigenvalue weighted by Gasteiger charge is -2.26. The van der Waals surface area contributed by atoms with Crippen LogP contribution in [-0.4, -0.2) is 20.7 Å². The van der Waals surface area contributed by atoms with E-state index in [9.17, 15) is 4.79 Å². The van der Waals surface area contributed by atoms with Crippen LogP contribution in [0.3, 0.4) is 0 Å². The predicted octanol–water partition coefficient (Wildman–Crippen LogP) is 8.22. The fourth-order valence-electron chi connectivity index (χ4n) is 5.72. The van der Waals surface area contributed by atoms with Gasteiger partial charge in [-0.05, 0) is 55.8 Å². The summed E-state index contributed by atoms with van der Waals surface area (Å²) in [7, 11) is 0. The van der Waals surface area contributed by atoms with Crippen LogP contribution in [0.15, 0.2) is 114 Å². The summed E-state index contributed by atoms with van der Waals surface area (Å²) in [5.41, 5.74) is 8.61. The molecule has 6 aromatic rings. The fourth-order valence-corrected chi connectivity index (χ4v) is 6.14. The van der Waals surface area contributed by atoms with Gasteiger partial charge in [-0.1, -0.05) is 94.3 Å². The van der Waals surface area contributed by atoms with Crippen LogP contribution >= 0.6 is 15.9 Å². The van der Waals surface area contributed by atoms with Crippen molar-refractivity contribution >= 4 is 38.6 Å². The van der Waals surface area contributed by atoms with Gasteiger partial charge in [0.15, 0.2) is 5.65 Å². The van der Waals surface area contributed by atoms with Crippen LogP contribution in [0.2, 0.25) is 0 Å². The van der Waals surface area contributed by atoms with E-state index in [1.165, 1.54) is 0 Å². The lowest BCUT2D eigenvalue weighted by atomic mass is 9.92. The highest BCUT2D eigenvalue weighted by Gasteiger charge is 2.44. The number of anilines is 1. The van der Waals surface area contributed by atoms with Gasteiger partial charge < -0.3 is 0 Å². The number of rotatable bonds is 4. The highest BCUT2D eigenvalue weighted by Crippen LogP contribution is 2.48. The number of carbonyl (C=O) groups excluding carboxylic acids is 1. The number of hydrogen-bond donors (Lipinski definition) is 0. The van der Waals surface area contributed by atoms with Crippen LogP contribution in [0.4, 0.5) is 5.69 Å². The molecule has 4 aromatic carbocycles. The number of pyridine rings is 1. The molecule has 194 valence electrons. The third-order valence-corrected chi connectivity index (χ3v) is 8.01. The Morgan fingerprint density at radius 3 is 2.17 bits per heavy atom. The molecular weight excluding hydrogens is 560 g/mol. The van der Waals surface area contributed by atoms with E-state index in [1.807, 2.05) is 114 Å². The monoisotopic (exact) mass is 584 g/mol. The maximum Gasteiger partial charge on any atom is 0.261 e. The molecule has 7 rings (SSSR count). The van der Waals surface area contributed by atoms with E-state index in [4.69, 9.17) is 10.1 Å². The summed E-state index contributed by atoms with van der Waals surface area (Å²) < 4.78 is 2.86. The second kappa shape index (κ2) is 9.57. The molecule has 6 heteroatoms. The van der Waals surface area contributed by atoms with Crippen LogP contribution in [-0.2, 0) is 0 Å². The molecule has 1 atom stereocenters. The molecule has 1 amide bonds. The first-order valence-electron chi connectivity index (χ1n) is 13.2. The zero-order valence-electron chi connectivity index (χ0n) is 22.0. The molecule has 5 nitrogen and oxygen atoms in total. The molecule has 1 unspecified atom stereocenters. The quantitative estimate of drug-likeness (QED) is 0.210. The average Bonchev–Trinajstić information content (AvgIpc) is 3.48. The summed E-state index contributed by atoms with van der Waals surface area (Å²) >= 11 is 3.67. The Kier molecular flexibility index (Phi) is 5.86. The van der Waals surface area contributed by atoms with Gasteiger partial charge in [-0.25, -0.2) is 9.67 Å². The molecule has 0 bridgehead atoms. The van der Waals surface area contributed by atoms with Crippen molar-refractivity contribution in [1.29, 1.82) is 0 Å². The van der Waals surface area contributed by atoms with Crippen LogP contribution in [0.25, 0.3) is 28.0 Å². The number of aromatic nitrogens is 3. The smallest absolute Gasteiger partial charge is 0.261 e. The molecular formula is C34H25BrN4O. The van der Waals surface area contributed by atoms with E-state index in [2.05, 4.69) is 35.0 Å². The summed E-state index contributed by atoms with van der Waals surface area (Å²) in [5.74, 6) is -0.0658. The molecule has 0 N–H and O–H groups in total. The number of fused-ring (bicyclic) bond motifs is 3. The molecule has 1 aliphatic rings. The number of benzene rings is 4. The first kappa shape index (κ1) is 24.5. The van der Waals surface area contributed by atoms with Crippen LogP contribution in [0.5, 0.6) is 0 Å². The van der Waals surface area contributed by atoms with Crippen LogP contribution in [0, 0.1) is 13.8 Å². The lowest BCUT2D eigenvalue weighted by Crippen LogP contribution is -2.28. The Balaban J connectivity index is 1.61. The Labute approximate surface area is 240 Å². The Bertz CT molecular complexity index is 1900. The topological polar surface area (TPSA) is 51.0 Å². The van der Waals surface area contributed by atoms with Gasteiger partial charge in [0, 0.05) is 26.7 Å². The van der Waals surface area contributed by atoms with E-state index < -0.39 is 0 Å². The van der Waals surface area contributed by atoms with Gasteiger partial charge in [0.05, 0.1) is 28.7 Å². The number of carbonyl (C=O) groups is 1. The molecule has 0 saturated carbocycles. The standard InChI is InChI=1S/C34H25BrN4O/c1-21-16-18-26(19-17-21)38-32(24-12-9-13-25(35)20-24)29-28-22(2)37-39(27-14-7-4-8-15-27)33(28)36-31(30(29)34(38)40)23-10-5-3-6-11-23/h3-20,32H,1-2H3. The Morgan fingerprint density at radius 2 is 1.48 bits per heavy atom. The maximum absolute atomic E-state index is 14.6. The van der Waals surface area contributed by atoms with Gasteiger partial charge in [-0.15, -0.1) is 0 Å². The van der Waals surface area contributed by atoms with Crippen LogP contribution < -0.4 is 4.90 Å². The van der Waals surface area contributed by atoms with Crippen molar-refractivity contribution in [2.75, 3.05) is 4.90 Å². The minimum Gasteiger partial charge on any atom is -0.297 e. The SMILES string of the molecule is Cc1ccc(N2C(=O)c3c(-c4ccccc4)nc4c(c(C)nn4-c4ccccc4)c3C2c2cccc(Br)c2)cc1. The molecule has 0 aliphatic carbocycles. The van der Waals surface area contributed by atoms with Gasteiger partial charge in [-0.3, -0.25) is 9.69 Å². The van der Waals surface area contributed by atoms with Crippen molar-refractivity contribution < 1.29 is 4.79 Å². The number of amides is 1. The van der Waals surface area contributed by atoms with Gasteiger partial charge in [0.2, 0.25) is 0 Å². The molecule has 0 radical (unpaired) electrons. The van der Waals surface area contributed by atoms with Crippen molar-refractivity contribution in [1.82, 2.24) is 14.8 Å². The zero-order chi connectivity index (χ0) is 27.4. The second-order valence-corrected chi connectivity index (χ2v) is 11.0. The van der Waals surface area contributed by atoms with E-state index in [0.29, 0.717) is 11.3 Å². The molecule has 0 spiro atoms. The number of halogens is 1. The molecule has 2 aromatic heterocycles. The Morgan fingerprint density at radius 1 is 0.775 bits per heavy atom. The van der Waals surface area contributed by atoms with Crippen molar-refractivity contribution in [2.24, 2.45) is 0 Å². The van der Waals surface area contributed by atoms with E-state index in [1.54, 1.807) is 0 Å². The largest absolute Gasteiger partial charge is 0.297 e. The molecule has 0 saturated heterocycles. The number of nitrogens with zero attached hydrogens (tertiary/aromatic N) is 4. The molecule has 0 fully saturated rings.